The van der Waals surface area contributed by atoms with Crippen LogP contribution in [0.15, 0.2) is 4.99 Å². The Morgan fingerprint density at radius 3 is 2.75 bits per heavy atom. The van der Waals surface area contributed by atoms with Crippen LogP contribution < -0.4 is 10.6 Å². The fraction of sp³-hybridized carbons (Fsp3) is 0.867. The molecule has 0 aliphatic carbocycles. The van der Waals surface area contributed by atoms with Crippen molar-refractivity contribution in [3.05, 3.63) is 0 Å². The van der Waals surface area contributed by atoms with E-state index in [2.05, 4.69) is 36.4 Å². The number of nitrogens with one attached hydrogen (secondary N) is 2. The zero-order valence-corrected chi connectivity index (χ0v) is 13.4. The molecule has 1 heterocycles. The molecule has 0 aromatic rings. The monoisotopic (exact) mass is 282 g/mol. The molecule has 0 aromatic carbocycles. The van der Waals surface area contributed by atoms with Crippen LogP contribution in [0.3, 0.4) is 0 Å². The van der Waals surface area contributed by atoms with Crippen LogP contribution in [0.4, 0.5) is 0 Å². The van der Waals surface area contributed by atoms with Crippen molar-refractivity contribution in [2.45, 2.75) is 40.0 Å². The molecule has 1 fully saturated rings. The maximum Gasteiger partial charge on any atom is 0.224 e. The van der Waals surface area contributed by atoms with E-state index in [1.165, 1.54) is 6.42 Å². The summed E-state index contributed by atoms with van der Waals surface area (Å²) >= 11 is 0. The minimum absolute atomic E-state index is 0.253. The van der Waals surface area contributed by atoms with Crippen molar-refractivity contribution in [1.29, 1.82) is 0 Å². The van der Waals surface area contributed by atoms with Crippen LogP contribution in [0.2, 0.25) is 0 Å². The van der Waals surface area contributed by atoms with Gasteiger partial charge in [-0.25, -0.2) is 0 Å². The van der Waals surface area contributed by atoms with Crippen LogP contribution in [0.1, 0.15) is 40.0 Å². The molecule has 2 N–H and O–H groups in total. The highest BCUT2D eigenvalue weighted by molar-refractivity contribution is 5.81. The number of piperidine rings is 1. The minimum atomic E-state index is 0.253. The predicted molar refractivity (Wildman–Crippen MR) is 83.8 cm³/mol. The van der Waals surface area contributed by atoms with E-state index in [-0.39, 0.29) is 5.91 Å². The lowest BCUT2D eigenvalue weighted by atomic mass is 10.00. The van der Waals surface area contributed by atoms with Gasteiger partial charge in [0.05, 0.1) is 0 Å². The smallest absolute Gasteiger partial charge is 0.224 e. The van der Waals surface area contributed by atoms with Crippen molar-refractivity contribution in [3.63, 3.8) is 0 Å². The molecule has 0 bridgehead atoms. The van der Waals surface area contributed by atoms with Crippen LogP contribution in [0, 0.1) is 11.8 Å². The van der Waals surface area contributed by atoms with Gasteiger partial charge >= 0.3 is 0 Å². The average molecular weight is 282 g/mol. The largest absolute Gasteiger partial charge is 0.356 e. The number of hydrogen-bond acceptors (Lipinski definition) is 2. The topological polar surface area (TPSA) is 56.7 Å². The van der Waals surface area contributed by atoms with Gasteiger partial charge < -0.3 is 15.5 Å². The molecule has 0 aromatic heterocycles. The summed E-state index contributed by atoms with van der Waals surface area (Å²) < 4.78 is 0. The highest BCUT2D eigenvalue weighted by atomic mass is 16.2. The molecule has 1 saturated heterocycles. The van der Waals surface area contributed by atoms with Crippen LogP contribution in [0.25, 0.3) is 0 Å². The van der Waals surface area contributed by atoms with E-state index in [1.807, 2.05) is 4.90 Å². The number of aliphatic imine (C=N–C) groups is 1. The highest BCUT2D eigenvalue weighted by Crippen LogP contribution is 2.15. The Kier molecular flexibility index (Phi) is 7.41. The zero-order valence-electron chi connectivity index (χ0n) is 13.4. The van der Waals surface area contributed by atoms with Crippen LogP contribution in [-0.2, 0) is 4.79 Å². The molecular formula is C15H30N4O. The lowest BCUT2D eigenvalue weighted by Crippen LogP contribution is -2.43. The Bertz CT molecular complexity index is 328. The molecule has 116 valence electrons. The van der Waals surface area contributed by atoms with E-state index in [0.717, 1.165) is 32.0 Å². The fourth-order valence-corrected chi connectivity index (χ4v) is 2.38. The third kappa shape index (κ3) is 6.26. The van der Waals surface area contributed by atoms with E-state index >= 15 is 0 Å². The second-order valence-corrected chi connectivity index (χ2v) is 6.11. The molecule has 1 unspecified atom stereocenters. The fourth-order valence-electron chi connectivity index (χ4n) is 2.38. The van der Waals surface area contributed by atoms with E-state index in [9.17, 15) is 4.79 Å². The second-order valence-electron chi connectivity index (χ2n) is 6.11. The molecule has 0 spiro atoms. The number of carbonyl (C=O) groups excluding carboxylic acids is 1. The first-order chi connectivity index (χ1) is 9.52. The summed E-state index contributed by atoms with van der Waals surface area (Å²) in [6.45, 7) is 9.89. The Morgan fingerprint density at radius 2 is 2.15 bits per heavy atom. The molecule has 5 nitrogen and oxygen atoms in total. The first kappa shape index (κ1) is 16.8. The van der Waals surface area contributed by atoms with Gasteiger partial charge in [-0.2, -0.15) is 0 Å². The van der Waals surface area contributed by atoms with Crippen LogP contribution in [-0.4, -0.2) is 50.0 Å². The Balaban J connectivity index is 2.23. The van der Waals surface area contributed by atoms with Gasteiger partial charge in [-0.3, -0.25) is 9.79 Å². The number of nitrogens with zero attached hydrogens (tertiary/aromatic N) is 2. The van der Waals surface area contributed by atoms with Crippen molar-refractivity contribution < 1.29 is 4.79 Å². The molecule has 0 radical (unpaired) electrons. The summed E-state index contributed by atoms with van der Waals surface area (Å²) in [5.74, 6) is 2.24. The third-order valence-corrected chi connectivity index (χ3v) is 3.54. The summed E-state index contributed by atoms with van der Waals surface area (Å²) in [6.07, 6.45) is 2.92. The molecule has 1 rings (SSSR count). The van der Waals surface area contributed by atoms with E-state index in [0.29, 0.717) is 24.8 Å². The standard InChI is InChI=1S/C15H30N4O/c1-12(2)10-18-15(16-4)17-8-7-14(20)19-9-5-6-13(3)11-19/h12-13H,5-11H2,1-4H3,(H2,16,17,18). The van der Waals surface area contributed by atoms with Gasteiger partial charge in [0.1, 0.15) is 0 Å². The predicted octanol–water partition coefficient (Wildman–Crippen LogP) is 1.46. The van der Waals surface area contributed by atoms with Gasteiger partial charge in [0.15, 0.2) is 5.96 Å². The second kappa shape index (κ2) is 8.82. The van der Waals surface area contributed by atoms with Crippen molar-refractivity contribution in [3.8, 4) is 0 Å². The number of rotatable bonds is 5. The molecule has 0 saturated carbocycles. The third-order valence-electron chi connectivity index (χ3n) is 3.54. The summed E-state index contributed by atoms with van der Waals surface area (Å²) in [4.78, 5) is 18.3. The maximum atomic E-state index is 12.1. The average Bonchev–Trinajstić information content (AvgIpc) is 2.42. The summed E-state index contributed by atoms with van der Waals surface area (Å²) in [6, 6.07) is 0. The number of carbonyl (C=O) groups is 1. The number of likely N-dealkylation sites (tertiary alicyclic amines) is 1. The molecule has 5 heteroatoms. The van der Waals surface area contributed by atoms with Gasteiger partial charge in [-0.15, -0.1) is 0 Å². The van der Waals surface area contributed by atoms with E-state index < -0.39 is 0 Å². The maximum absolute atomic E-state index is 12.1. The molecule has 1 aliphatic rings. The lowest BCUT2D eigenvalue weighted by Gasteiger charge is -2.31. The molecular weight excluding hydrogens is 252 g/mol. The van der Waals surface area contributed by atoms with Crippen molar-refractivity contribution in [2.75, 3.05) is 33.2 Å². The quantitative estimate of drug-likeness (QED) is 0.593. The van der Waals surface area contributed by atoms with Gasteiger partial charge in [0.25, 0.3) is 0 Å². The van der Waals surface area contributed by atoms with Crippen molar-refractivity contribution in [1.82, 2.24) is 15.5 Å². The Morgan fingerprint density at radius 1 is 1.40 bits per heavy atom. The first-order valence-electron chi connectivity index (χ1n) is 7.75. The Labute approximate surface area is 123 Å². The van der Waals surface area contributed by atoms with Crippen molar-refractivity contribution in [2.24, 2.45) is 16.8 Å². The summed E-state index contributed by atoms with van der Waals surface area (Å²) in [5.41, 5.74) is 0. The van der Waals surface area contributed by atoms with Crippen molar-refractivity contribution >= 4 is 11.9 Å². The van der Waals surface area contributed by atoms with Gasteiger partial charge in [-0.05, 0) is 24.7 Å². The normalized spacial score (nSPS) is 20.1. The molecule has 1 atom stereocenters. The lowest BCUT2D eigenvalue weighted by molar-refractivity contribution is -0.132. The van der Waals surface area contributed by atoms with Crippen LogP contribution >= 0.6 is 0 Å². The van der Waals surface area contributed by atoms with Gasteiger partial charge in [-0.1, -0.05) is 20.8 Å². The van der Waals surface area contributed by atoms with Gasteiger partial charge in [0.2, 0.25) is 5.91 Å². The summed E-state index contributed by atoms with van der Waals surface area (Å²) in [7, 11) is 1.75. The number of amides is 1. The van der Waals surface area contributed by atoms with Gasteiger partial charge in [0, 0.05) is 39.6 Å². The minimum Gasteiger partial charge on any atom is -0.356 e. The van der Waals surface area contributed by atoms with E-state index in [1.54, 1.807) is 7.05 Å². The summed E-state index contributed by atoms with van der Waals surface area (Å²) in [5, 5.41) is 6.44. The SMILES string of the molecule is CN=C(NCCC(=O)N1CCCC(C)C1)NCC(C)C. The molecule has 1 aliphatic heterocycles. The van der Waals surface area contributed by atoms with Crippen LogP contribution in [0.5, 0.6) is 0 Å². The molecule has 20 heavy (non-hydrogen) atoms. The Hall–Kier alpha value is -1.26. The number of hydrogen-bond donors (Lipinski definition) is 2. The number of guanidine groups is 1. The highest BCUT2D eigenvalue weighted by Gasteiger charge is 2.20. The molecule has 1 amide bonds. The first-order valence-corrected chi connectivity index (χ1v) is 7.75. The van der Waals surface area contributed by atoms with E-state index in [4.69, 9.17) is 0 Å². The zero-order chi connectivity index (χ0) is 15.0.